The van der Waals surface area contributed by atoms with Gasteiger partial charge in [0.1, 0.15) is 23.3 Å². The fourth-order valence-corrected chi connectivity index (χ4v) is 6.14. The molecule has 0 aromatic carbocycles. The lowest BCUT2D eigenvalue weighted by atomic mass is 10.1. The molecule has 0 amide bonds. The Balaban J connectivity index is 1.40. The van der Waals surface area contributed by atoms with Crippen LogP contribution >= 0.6 is 0 Å². The summed E-state index contributed by atoms with van der Waals surface area (Å²) < 4.78 is 109. The highest BCUT2D eigenvalue weighted by atomic mass is 32.2. The number of halogens is 6. The van der Waals surface area contributed by atoms with Gasteiger partial charge in [-0.15, -0.1) is 0 Å². The molecule has 2 fully saturated rings. The number of alkyl halides is 6. The van der Waals surface area contributed by atoms with Gasteiger partial charge in [-0.3, -0.25) is 0 Å². The topological polar surface area (TPSA) is 106 Å². The summed E-state index contributed by atoms with van der Waals surface area (Å²) in [5.74, 6) is -0.136. The number of nitrogens with zero attached hydrogens (tertiary/aromatic N) is 6. The summed E-state index contributed by atoms with van der Waals surface area (Å²) >= 11 is 0. The second kappa shape index (κ2) is 9.48. The van der Waals surface area contributed by atoms with E-state index in [-0.39, 0.29) is 36.0 Å². The Morgan fingerprint density at radius 2 is 1.66 bits per heavy atom. The van der Waals surface area contributed by atoms with Gasteiger partial charge in [-0.1, -0.05) is 0 Å². The molecule has 0 atom stereocenters. The van der Waals surface area contributed by atoms with E-state index in [1.807, 2.05) is 0 Å². The highest BCUT2D eigenvalue weighted by Crippen LogP contribution is 2.37. The monoisotopic (exact) mass is 561 g/mol. The number of hydrogen-bond donors (Lipinski definition) is 1. The normalized spacial score (nSPS) is 18.1. The summed E-state index contributed by atoms with van der Waals surface area (Å²) in [5, 5.41) is 2.62. The summed E-state index contributed by atoms with van der Waals surface area (Å²) in [6, 6.07) is 2.10. The van der Waals surface area contributed by atoms with Gasteiger partial charge in [-0.25, -0.2) is 32.7 Å². The van der Waals surface area contributed by atoms with E-state index in [0.717, 1.165) is 29.4 Å². The zero-order valence-corrected chi connectivity index (χ0v) is 20.4. The van der Waals surface area contributed by atoms with Crippen LogP contribution in [0, 0.1) is 0 Å². The first-order valence-electron chi connectivity index (χ1n) is 11.6. The van der Waals surface area contributed by atoms with Crippen molar-refractivity contribution in [1.82, 2.24) is 28.8 Å². The first kappa shape index (κ1) is 26.3. The summed E-state index contributed by atoms with van der Waals surface area (Å²) in [4.78, 5) is 15.0. The Morgan fingerprint density at radius 3 is 2.29 bits per heavy atom. The Bertz CT molecular complexity index is 1430. The molecule has 0 spiro atoms. The first-order chi connectivity index (χ1) is 17.8. The van der Waals surface area contributed by atoms with E-state index in [9.17, 15) is 34.8 Å². The second-order valence-electron chi connectivity index (χ2n) is 9.05. The van der Waals surface area contributed by atoms with Crippen LogP contribution in [0.3, 0.4) is 0 Å². The number of piperidine rings is 1. The molecule has 204 valence electrons. The summed E-state index contributed by atoms with van der Waals surface area (Å²) in [5.41, 5.74) is -3.77. The van der Waals surface area contributed by atoms with Gasteiger partial charge in [0.2, 0.25) is 16.0 Å². The van der Waals surface area contributed by atoms with Crippen molar-refractivity contribution in [3.8, 4) is 17.1 Å². The van der Waals surface area contributed by atoms with E-state index >= 15 is 0 Å². The number of sulfonamides is 1. The number of nitrogens with one attached hydrogen (secondary N) is 1. The molecule has 5 rings (SSSR count). The largest absolute Gasteiger partial charge is 0.435 e. The third-order valence-electron chi connectivity index (χ3n) is 6.35. The lowest BCUT2D eigenvalue weighted by Gasteiger charge is -2.31. The predicted octanol–water partition coefficient (Wildman–Crippen LogP) is 4.13. The molecule has 3 aromatic heterocycles. The first-order valence-corrected chi connectivity index (χ1v) is 13.1. The van der Waals surface area contributed by atoms with Gasteiger partial charge in [0.25, 0.3) is 0 Å². The summed E-state index contributed by atoms with van der Waals surface area (Å²) in [6.45, 7) is 0.530. The van der Waals surface area contributed by atoms with Crippen LogP contribution in [0.5, 0.6) is 0 Å². The minimum Gasteiger partial charge on any atom is -0.351 e. The van der Waals surface area contributed by atoms with Crippen LogP contribution in [0.25, 0.3) is 17.1 Å². The number of pyridine rings is 1. The number of hydrogen-bond acceptors (Lipinski definition) is 7. The number of rotatable bonds is 6. The third kappa shape index (κ3) is 5.32. The Morgan fingerprint density at radius 1 is 0.947 bits per heavy atom. The molecule has 1 N–H and O–H groups in total. The van der Waals surface area contributed by atoms with Crippen molar-refractivity contribution >= 4 is 16.0 Å². The maximum atomic E-state index is 13.7. The van der Waals surface area contributed by atoms with Crippen molar-refractivity contribution < 1.29 is 34.8 Å². The Labute approximate surface area is 213 Å². The highest BCUT2D eigenvalue weighted by molar-refractivity contribution is 7.90. The molecule has 1 aliphatic heterocycles. The van der Waals surface area contributed by atoms with Crippen LogP contribution in [-0.2, 0) is 22.4 Å². The van der Waals surface area contributed by atoms with E-state index in [0.29, 0.717) is 31.9 Å². The van der Waals surface area contributed by atoms with Gasteiger partial charge in [0, 0.05) is 37.7 Å². The zero-order valence-electron chi connectivity index (χ0n) is 19.5. The molecule has 2 aliphatic rings. The minimum atomic E-state index is -4.86. The maximum absolute atomic E-state index is 13.7. The molecular formula is C22H21F6N7O2S. The average Bonchev–Trinajstić information content (AvgIpc) is 3.61. The van der Waals surface area contributed by atoms with Crippen LogP contribution in [0.2, 0.25) is 0 Å². The molecule has 0 bridgehead atoms. The molecule has 1 saturated carbocycles. The van der Waals surface area contributed by atoms with Gasteiger partial charge < -0.3 is 9.88 Å². The van der Waals surface area contributed by atoms with Crippen LogP contribution in [0.4, 0.5) is 32.3 Å². The van der Waals surface area contributed by atoms with Crippen molar-refractivity contribution in [3.05, 3.63) is 48.3 Å². The van der Waals surface area contributed by atoms with Gasteiger partial charge in [-0.2, -0.15) is 26.3 Å². The van der Waals surface area contributed by atoms with Gasteiger partial charge in [0.15, 0.2) is 5.69 Å². The summed E-state index contributed by atoms with van der Waals surface area (Å²) in [6.07, 6.45) is -4.04. The standard InChI is InChI=1S/C22H21F6N7O2S/c23-21(24,25)15-10-30-20(32-13-5-8-35(9-6-13)38(36,37)14-3-4-14)33-18(15)16-11-34(12-31-16)17-2-1-7-29-19(17)22(26,27)28/h1-2,7,10-14H,3-6,8-9H2,(H,30,32,33). The Kier molecular flexibility index (Phi) is 6.57. The van der Waals surface area contributed by atoms with Crippen molar-refractivity contribution in [3.63, 3.8) is 0 Å². The van der Waals surface area contributed by atoms with Crippen LogP contribution in [0.15, 0.2) is 37.1 Å². The molecule has 9 nitrogen and oxygen atoms in total. The summed E-state index contributed by atoms with van der Waals surface area (Å²) in [7, 11) is -3.32. The average molecular weight is 562 g/mol. The van der Waals surface area contributed by atoms with E-state index in [1.54, 1.807) is 0 Å². The zero-order chi connectivity index (χ0) is 27.3. The Hall–Kier alpha value is -3.27. The quantitative estimate of drug-likeness (QED) is 0.451. The molecule has 38 heavy (non-hydrogen) atoms. The van der Waals surface area contributed by atoms with E-state index in [1.165, 1.54) is 10.4 Å². The van der Waals surface area contributed by atoms with Gasteiger partial charge >= 0.3 is 12.4 Å². The molecule has 4 heterocycles. The smallest absolute Gasteiger partial charge is 0.351 e. The van der Waals surface area contributed by atoms with Crippen LogP contribution in [0.1, 0.15) is 36.9 Å². The van der Waals surface area contributed by atoms with Crippen LogP contribution in [-0.4, -0.2) is 61.6 Å². The van der Waals surface area contributed by atoms with E-state index in [4.69, 9.17) is 0 Å². The lowest BCUT2D eigenvalue weighted by molar-refractivity contribution is -0.141. The molecule has 1 saturated heterocycles. The molecule has 0 radical (unpaired) electrons. The third-order valence-corrected chi connectivity index (χ3v) is 8.74. The lowest BCUT2D eigenvalue weighted by Crippen LogP contribution is -2.43. The minimum absolute atomic E-state index is 0.136. The molecule has 1 aliphatic carbocycles. The number of imidazole rings is 1. The van der Waals surface area contributed by atoms with E-state index in [2.05, 4.69) is 25.3 Å². The van der Waals surface area contributed by atoms with E-state index < -0.39 is 45.0 Å². The maximum Gasteiger partial charge on any atom is 0.435 e. The van der Waals surface area contributed by atoms with Crippen molar-refractivity contribution in [1.29, 1.82) is 0 Å². The van der Waals surface area contributed by atoms with Crippen molar-refractivity contribution in [2.24, 2.45) is 0 Å². The van der Waals surface area contributed by atoms with Crippen LogP contribution < -0.4 is 5.32 Å². The van der Waals surface area contributed by atoms with Crippen molar-refractivity contribution in [2.45, 2.75) is 49.3 Å². The SMILES string of the molecule is O=S(=O)(C1CC1)N1CCC(Nc2ncc(C(F)(F)F)c(-c3cn(-c4cccnc4C(F)(F)F)cn3)n2)CC1. The highest BCUT2D eigenvalue weighted by Gasteiger charge is 2.41. The number of aromatic nitrogens is 5. The molecule has 3 aromatic rings. The second-order valence-corrected chi connectivity index (χ2v) is 11.3. The fraction of sp³-hybridized carbons (Fsp3) is 0.455. The van der Waals surface area contributed by atoms with Crippen molar-refractivity contribution in [2.75, 3.05) is 18.4 Å². The predicted molar refractivity (Wildman–Crippen MR) is 123 cm³/mol. The van der Waals surface area contributed by atoms with Gasteiger partial charge in [0.05, 0.1) is 10.9 Å². The fourth-order valence-electron chi connectivity index (χ4n) is 4.27. The molecular weight excluding hydrogens is 540 g/mol. The number of anilines is 1. The van der Waals surface area contributed by atoms with Gasteiger partial charge in [-0.05, 0) is 37.8 Å². The molecule has 0 unspecified atom stereocenters. The molecule has 16 heteroatoms.